The molecule has 8 aromatic rings. The predicted molar refractivity (Wildman–Crippen MR) is 182 cm³/mol. The number of primary amides is 1. The number of rotatable bonds is 1. The van der Waals surface area contributed by atoms with E-state index < -0.39 is 0 Å². The van der Waals surface area contributed by atoms with Crippen molar-refractivity contribution in [1.29, 1.82) is 0 Å². The van der Waals surface area contributed by atoms with Gasteiger partial charge < -0.3 is 26.4 Å². The highest BCUT2D eigenvalue weighted by atomic mass is 32.1. The Morgan fingerprint density at radius 2 is 1.40 bits per heavy atom. The van der Waals surface area contributed by atoms with Crippen LogP contribution in [0.15, 0.2) is 97.5 Å². The molecule has 4 heterocycles. The molecule has 0 aliphatic carbocycles. The number of fused-ring (bicyclic) bond motifs is 4. The maximum Gasteiger partial charge on any atom is 0.248 e. The van der Waals surface area contributed by atoms with Crippen molar-refractivity contribution in [2.75, 3.05) is 5.73 Å². The average Bonchev–Trinajstić information content (AvgIpc) is 3.81. The minimum absolute atomic E-state index is 0.152. The summed E-state index contributed by atoms with van der Waals surface area (Å²) in [5.41, 5.74) is 17.3. The van der Waals surface area contributed by atoms with E-state index in [1.807, 2.05) is 81.8 Å². The highest BCUT2D eigenvalue weighted by molar-refractivity contribution is 7.13. The summed E-state index contributed by atoms with van der Waals surface area (Å²) in [6.45, 7) is 5.88. The molecule has 8 rings (SSSR count). The highest BCUT2D eigenvalue weighted by Crippen LogP contribution is 2.23. The second-order valence-corrected chi connectivity index (χ2v) is 11.3. The number of nitrogens with two attached hydrogens (primary N) is 2. The first-order valence-electron chi connectivity index (χ1n) is 14.0. The summed E-state index contributed by atoms with van der Waals surface area (Å²) in [6.07, 6.45) is 5.60. The molecule has 45 heavy (non-hydrogen) atoms. The molecular formula is C35H32F2N6OS. The highest BCUT2D eigenvalue weighted by Gasteiger charge is 2.05. The second kappa shape index (κ2) is 13.4. The minimum atomic E-state index is -0.387. The normalized spacial score (nSPS) is 10.6. The van der Waals surface area contributed by atoms with E-state index in [1.54, 1.807) is 18.2 Å². The molecule has 0 saturated carbocycles. The molecule has 7 nitrogen and oxygen atoms in total. The third kappa shape index (κ3) is 7.02. The van der Waals surface area contributed by atoms with E-state index in [0.717, 1.165) is 54.1 Å². The number of halogens is 2. The SMILES string of the molecule is Cc1c[nH]c2cc(F)ccc12.Cc1c[nH]c2ccc(C(N)=O)cc12.Cc1c[nH]c2cccc(F)c12.Nc1nsc2ccccc12. The molecule has 0 spiro atoms. The fourth-order valence-electron chi connectivity index (χ4n) is 4.87. The predicted octanol–water partition coefficient (Wildman–Crippen LogP) is 8.68. The van der Waals surface area contributed by atoms with E-state index >= 15 is 0 Å². The number of nitrogens with one attached hydrogen (secondary N) is 3. The van der Waals surface area contributed by atoms with Gasteiger partial charge in [-0.3, -0.25) is 4.79 Å². The standard InChI is InChI=1S/C10H10N2O.2C9H8FN.C7H6N2S/c1-6-5-12-9-3-2-7(10(11)13)4-8(6)9;1-6-5-11-9-4-7(10)2-3-8(6)9;1-6-5-11-8-4-2-3-7(10)9(6)8;8-7-5-3-1-2-4-6(5)10-9-7/h2-5,12H,1H3,(H2,11,13);2*2-5,11H,1H3;1-4H,(H2,8,9). The third-order valence-corrected chi connectivity index (χ3v) is 8.12. The lowest BCUT2D eigenvalue weighted by atomic mass is 10.1. The molecule has 0 aliphatic heterocycles. The smallest absolute Gasteiger partial charge is 0.248 e. The fraction of sp³-hybridized carbons (Fsp3) is 0.0857. The molecule has 0 atom stereocenters. The van der Waals surface area contributed by atoms with Gasteiger partial charge in [0, 0.05) is 62.2 Å². The van der Waals surface area contributed by atoms with Crippen molar-refractivity contribution in [2.45, 2.75) is 20.8 Å². The van der Waals surface area contributed by atoms with E-state index in [9.17, 15) is 13.6 Å². The maximum atomic E-state index is 13.1. The number of carbonyl (C=O) groups excluding carboxylic acids is 1. The Bertz CT molecular complexity index is 2240. The average molecular weight is 623 g/mol. The Hall–Kier alpha value is -5.48. The van der Waals surface area contributed by atoms with Gasteiger partial charge >= 0.3 is 0 Å². The number of carbonyl (C=O) groups is 1. The molecule has 0 radical (unpaired) electrons. The molecule has 0 bridgehead atoms. The number of benzene rings is 4. The topological polar surface area (TPSA) is 129 Å². The number of H-pyrrole nitrogens is 3. The number of aromatic amines is 3. The summed E-state index contributed by atoms with van der Waals surface area (Å²) in [6, 6.07) is 23.2. The zero-order valence-electron chi connectivity index (χ0n) is 24.9. The third-order valence-electron chi connectivity index (χ3n) is 7.28. The van der Waals surface area contributed by atoms with Crippen LogP contribution in [0.3, 0.4) is 0 Å². The van der Waals surface area contributed by atoms with Gasteiger partial charge in [0.15, 0.2) is 0 Å². The number of anilines is 1. The largest absolute Gasteiger partial charge is 0.382 e. The van der Waals surface area contributed by atoms with Crippen LogP contribution in [0.5, 0.6) is 0 Å². The first-order chi connectivity index (χ1) is 21.6. The van der Waals surface area contributed by atoms with Crippen LogP contribution in [0.1, 0.15) is 27.0 Å². The monoisotopic (exact) mass is 622 g/mol. The summed E-state index contributed by atoms with van der Waals surface area (Å²) in [7, 11) is 0. The van der Waals surface area contributed by atoms with Crippen LogP contribution < -0.4 is 11.5 Å². The van der Waals surface area contributed by atoms with Crippen molar-refractivity contribution < 1.29 is 13.6 Å². The minimum Gasteiger partial charge on any atom is -0.382 e. The van der Waals surface area contributed by atoms with E-state index in [-0.39, 0.29) is 17.5 Å². The van der Waals surface area contributed by atoms with Crippen molar-refractivity contribution in [3.05, 3.63) is 131 Å². The molecule has 0 fully saturated rings. The first kappa shape index (κ1) is 31.0. The van der Waals surface area contributed by atoms with Crippen LogP contribution in [-0.2, 0) is 0 Å². The Morgan fingerprint density at radius 1 is 0.711 bits per heavy atom. The summed E-state index contributed by atoms with van der Waals surface area (Å²) in [4.78, 5) is 20.0. The molecule has 228 valence electrons. The molecule has 0 unspecified atom stereocenters. The van der Waals surface area contributed by atoms with E-state index in [0.29, 0.717) is 16.8 Å². The zero-order valence-corrected chi connectivity index (χ0v) is 25.7. The molecule has 4 aromatic carbocycles. The quantitative estimate of drug-likeness (QED) is 0.126. The van der Waals surface area contributed by atoms with Gasteiger partial charge in [0.05, 0.1) is 4.70 Å². The Labute approximate surface area is 262 Å². The molecule has 4 aromatic heterocycles. The molecular weight excluding hydrogens is 590 g/mol. The van der Waals surface area contributed by atoms with E-state index in [4.69, 9.17) is 11.5 Å². The Morgan fingerprint density at radius 3 is 2.13 bits per heavy atom. The van der Waals surface area contributed by atoms with Crippen LogP contribution in [0.4, 0.5) is 14.6 Å². The fourth-order valence-corrected chi connectivity index (χ4v) is 5.57. The van der Waals surface area contributed by atoms with Gasteiger partial charge in [-0.25, -0.2) is 8.78 Å². The van der Waals surface area contributed by atoms with Crippen molar-refractivity contribution in [1.82, 2.24) is 19.3 Å². The van der Waals surface area contributed by atoms with Crippen LogP contribution in [-0.4, -0.2) is 25.2 Å². The zero-order chi connectivity index (χ0) is 32.1. The molecule has 7 N–H and O–H groups in total. The van der Waals surface area contributed by atoms with E-state index in [1.165, 1.54) is 29.7 Å². The number of aromatic nitrogens is 4. The molecule has 1 amide bonds. The first-order valence-corrected chi connectivity index (χ1v) is 14.8. The van der Waals surface area contributed by atoms with Gasteiger partial charge in [-0.1, -0.05) is 18.2 Å². The Kier molecular flexibility index (Phi) is 9.25. The number of nitrogen functional groups attached to an aromatic ring is 1. The number of amides is 1. The van der Waals surface area contributed by atoms with Crippen LogP contribution in [0, 0.1) is 32.4 Å². The lowest BCUT2D eigenvalue weighted by molar-refractivity contribution is 0.100. The number of hydrogen-bond acceptors (Lipinski definition) is 4. The van der Waals surface area contributed by atoms with Gasteiger partial charge in [0.1, 0.15) is 17.5 Å². The maximum absolute atomic E-state index is 13.1. The number of hydrogen-bond donors (Lipinski definition) is 5. The van der Waals surface area contributed by atoms with Gasteiger partial charge in [-0.2, -0.15) is 4.37 Å². The van der Waals surface area contributed by atoms with Crippen molar-refractivity contribution in [2.24, 2.45) is 5.73 Å². The summed E-state index contributed by atoms with van der Waals surface area (Å²) in [5.74, 6) is -0.0938. The van der Waals surface area contributed by atoms with Gasteiger partial charge in [-0.15, -0.1) is 0 Å². The summed E-state index contributed by atoms with van der Waals surface area (Å²) in [5, 5.41) is 3.91. The van der Waals surface area contributed by atoms with E-state index in [2.05, 4.69) is 19.3 Å². The van der Waals surface area contributed by atoms with Gasteiger partial charge in [0.25, 0.3) is 0 Å². The van der Waals surface area contributed by atoms with Crippen LogP contribution >= 0.6 is 11.5 Å². The lowest BCUT2D eigenvalue weighted by Gasteiger charge is -1.95. The lowest BCUT2D eigenvalue weighted by Crippen LogP contribution is -2.10. The van der Waals surface area contributed by atoms with Crippen molar-refractivity contribution >= 4 is 66.1 Å². The molecule has 0 saturated heterocycles. The van der Waals surface area contributed by atoms with Crippen LogP contribution in [0.25, 0.3) is 42.8 Å². The van der Waals surface area contributed by atoms with Crippen molar-refractivity contribution in [3.63, 3.8) is 0 Å². The molecule has 0 aliphatic rings. The number of nitrogens with zero attached hydrogens (tertiary/aromatic N) is 1. The number of aryl methyl sites for hydroxylation is 3. The summed E-state index contributed by atoms with van der Waals surface area (Å²) >= 11 is 1.44. The summed E-state index contributed by atoms with van der Waals surface area (Å²) < 4.78 is 30.9. The Balaban J connectivity index is 0.000000119. The van der Waals surface area contributed by atoms with Gasteiger partial charge in [-0.05, 0) is 110 Å². The van der Waals surface area contributed by atoms with Crippen molar-refractivity contribution in [3.8, 4) is 0 Å². The van der Waals surface area contributed by atoms with Crippen LogP contribution in [0.2, 0.25) is 0 Å². The van der Waals surface area contributed by atoms with Gasteiger partial charge in [0.2, 0.25) is 5.91 Å². The molecule has 10 heteroatoms. The second-order valence-electron chi connectivity index (χ2n) is 10.5.